The van der Waals surface area contributed by atoms with Crippen LogP contribution >= 0.6 is 34.8 Å². The van der Waals surface area contributed by atoms with Crippen LogP contribution in [0.2, 0.25) is 0 Å². The van der Waals surface area contributed by atoms with Crippen molar-refractivity contribution >= 4 is 46.9 Å². The highest BCUT2D eigenvalue weighted by molar-refractivity contribution is 6.67. The van der Waals surface area contributed by atoms with Crippen LogP contribution in [0.5, 0.6) is 0 Å². The molecule has 0 spiro atoms. The second-order valence-corrected chi connectivity index (χ2v) is 7.42. The summed E-state index contributed by atoms with van der Waals surface area (Å²) in [5.41, 5.74) is 1.89. The first kappa shape index (κ1) is 17.7. The Balaban J connectivity index is 2.26. The smallest absolute Gasteiger partial charge is 0.440 e. The number of ether oxygens (including phenoxy) is 1. The molecule has 1 aliphatic rings. The number of carbonyl (C=O) groups excluding carboxylic acids is 2. The molecular formula is C12H18Cl3NO4. The molecule has 0 aliphatic heterocycles. The van der Waals surface area contributed by atoms with Crippen LogP contribution < -0.4 is 5.48 Å². The number of hydroxylamine groups is 1. The molecule has 0 bridgehead atoms. The van der Waals surface area contributed by atoms with E-state index < -0.39 is 22.5 Å². The van der Waals surface area contributed by atoms with Crippen LogP contribution in [0.25, 0.3) is 0 Å². The summed E-state index contributed by atoms with van der Waals surface area (Å²) < 4.78 is 2.86. The summed E-state index contributed by atoms with van der Waals surface area (Å²) in [5, 5.41) is 0. The van der Waals surface area contributed by atoms with Crippen LogP contribution in [0.4, 0.5) is 4.79 Å². The van der Waals surface area contributed by atoms with E-state index in [4.69, 9.17) is 39.6 Å². The zero-order chi connectivity index (χ0) is 15.2. The summed E-state index contributed by atoms with van der Waals surface area (Å²) in [5.74, 6) is -0.443. The summed E-state index contributed by atoms with van der Waals surface area (Å²) >= 11 is 16.2. The van der Waals surface area contributed by atoms with E-state index in [-0.39, 0.29) is 5.92 Å². The van der Waals surface area contributed by atoms with Gasteiger partial charge in [-0.05, 0) is 18.8 Å². The minimum Gasteiger partial charge on any atom is -0.443 e. The lowest BCUT2D eigenvalue weighted by Crippen LogP contribution is -2.34. The van der Waals surface area contributed by atoms with Crippen LogP contribution in [0.15, 0.2) is 0 Å². The van der Waals surface area contributed by atoms with E-state index in [1.807, 2.05) is 5.48 Å². The highest BCUT2D eigenvalue weighted by Gasteiger charge is 2.28. The first-order valence-electron chi connectivity index (χ1n) is 6.50. The van der Waals surface area contributed by atoms with Crippen LogP contribution in [-0.4, -0.2) is 22.5 Å². The lowest BCUT2D eigenvalue weighted by atomic mass is 9.81. The number of halogens is 3. The van der Waals surface area contributed by atoms with E-state index in [0.717, 1.165) is 25.7 Å². The lowest BCUT2D eigenvalue weighted by molar-refractivity contribution is -0.156. The summed E-state index contributed by atoms with van der Waals surface area (Å²) in [6.07, 6.45) is 4.50. The lowest BCUT2D eigenvalue weighted by Gasteiger charge is -2.25. The molecule has 5 nitrogen and oxygen atoms in total. The Labute approximate surface area is 133 Å². The number of hydrogen-bond donors (Lipinski definition) is 1. The van der Waals surface area contributed by atoms with Gasteiger partial charge in [-0.25, -0.2) is 9.59 Å². The molecular weight excluding hydrogens is 328 g/mol. The van der Waals surface area contributed by atoms with Crippen molar-refractivity contribution in [2.24, 2.45) is 11.8 Å². The van der Waals surface area contributed by atoms with Gasteiger partial charge in [0.15, 0.2) is 0 Å². The Morgan fingerprint density at radius 3 is 2.40 bits per heavy atom. The number of amides is 1. The van der Waals surface area contributed by atoms with Gasteiger partial charge < -0.3 is 9.57 Å². The highest BCUT2D eigenvalue weighted by Crippen LogP contribution is 2.30. The average Bonchev–Trinajstić information content (AvgIpc) is 2.41. The Hall–Kier alpha value is -0.390. The number of carbonyl (C=O) groups is 2. The fraction of sp³-hybridized carbons (Fsp3) is 0.833. The van der Waals surface area contributed by atoms with E-state index in [9.17, 15) is 9.59 Å². The molecule has 1 aliphatic carbocycles. The Kier molecular flexibility index (Phi) is 7.20. The molecule has 1 N–H and O–H groups in total. The SMILES string of the molecule is CC(C(=O)ONC(=O)OCC(Cl)(Cl)Cl)C1CCCCC1. The molecule has 1 fully saturated rings. The molecule has 0 heterocycles. The Morgan fingerprint density at radius 2 is 1.85 bits per heavy atom. The van der Waals surface area contributed by atoms with Gasteiger partial charge in [0.05, 0.1) is 5.92 Å². The normalized spacial score (nSPS) is 18.2. The standard InChI is InChI=1S/C12H18Cl3NO4/c1-8(9-5-3-2-4-6-9)10(17)20-16-11(18)19-7-12(13,14)15/h8-9H,2-7H2,1H3,(H,16,18). The van der Waals surface area contributed by atoms with E-state index in [2.05, 4.69) is 4.74 Å². The molecule has 20 heavy (non-hydrogen) atoms. The van der Waals surface area contributed by atoms with Gasteiger partial charge in [0.2, 0.25) is 3.79 Å². The summed E-state index contributed by atoms with van der Waals surface area (Å²) in [6.45, 7) is 1.37. The van der Waals surface area contributed by atoms with Crippen molar-refractivity contribution < 1.29 is 19.2 Å². The summed E-state index contributed by atoms with van der Waals surface area (Å²) in [7, 11) is 0. The zero-order valence-corrected chi connectivity index (χ0v) is 13.4. The van der Waals surface area contributed by atoms with Crippen molar-refractivity contribution in [1.29, 1.82) is 0 Å². The molecule has 116 valence electrons. The Morgan fingerprint density at radius 1 is 1.25 bits per heavy atom. The minimum atomic E-state index is -1.70. The van der Waals surface area contributed by atoms with Crippen LogP contribution in [0, 0.1) is 11.8 Å². The maximum absolute atomic E-state index is 11.8. The highest BCUT2D eigenvalue weighted by atomic mass is 35.6. The Bertz CT molecular complexity index is 340. The zero-order valence-electron chi connectivity index (χ0n) is 11.2. The minimum absolute atomic E-state index is 0.260. The molecule has 1 amide bonds. The van der Waals surface area contributed by atoms with Gasteiger partial charge in [-0.15, -0.1) is 5.48 Å². The van der Waals surface area contributed by atoms with E-state index in [1.54, 1.807) is 6.92 Å². The van der Waals surface area contributed by atoms with E-state index >= 15 is 0 Å². The predicted molar refractivity (Wildman–Crippen MR) is 76.6 cm³/mol. The van der Waals surface area contributed by atoms with Crippen molar-refractivity contribution in [2.45, 2.75) is 42.8 Å². The fourth-order valence-corrected chi connectivity index (χ4v) is 2.35. The molecule has 8 heteroatoms. The van der Waals surface area contributed by atoms with Gasteiger partial charge >= 0.3 is 12.1 Å². The molecule has 1 rings (SSSR count). The van der Waals surface area contributed by atoms with E-state index in [1.165, 1.54) is 6.42 Å². The summed E-state index contributed by atoms with van der Waals surface area (Å²) in [4.78, 5) is 27.7. The molecule has 0 aromatic heterocycles. The number of rotatable bonds is 3. The maximum Gasteiger partial charge on any atom is 0.440 e. The molecule has 0 radical (unpaired) electrons. The average molecular weight is 347 g/mol. The third-order valence-electron chi connectivity index (χ3n) is 3.33. The van der Waals surface area contributed by atoms with Crippen molar-refractivity contribution in [3.05, 3.63) is 0 Å². The number of alkyl halides is 3. The quantitative estimate of drug-likeness (QED) is 0.624. The predicted octanol–water partition coefficient (Wildman–Crippen LogP) is 3.76. The van der Waals surface area contributed by atoms with Crippen molar-refractivity contribution in [2.75, 3.05) is 6.61 Å². The molecule has 0 aromatic carbocycles. The molecule has 1 atom stereocenters. The number of hydrogen-bond acceptors (Lipinski definition) is 4. The third kappa shape index (κ3) is 6.86. The van der Waals surface area contributed by atoms with E-state index in [0.29, 0.717) is 5.92 Å². The topological polar surface area (TPSA) is 64.6 Å². The van der Waals surface area contributed by atoms with Gasteiger partial charge in [-0.1, -0.05) is 61.0 Å². The molecule has 1 saturated carbocycles. The van der Waals surface area contributed by atoms with Gasteiger partial charge in [0, 0.05) is 0 Å². The molecule has 0 saturated heterocycles. The van der Waals surface area contributed by atoms with Gasteiger partial charge in [0.25, 0.3) is 0 Å². The first-order chi connectivity index (χ1) is 9.29. The maximum atomic E-state index is 11.8. The van der Waals surface area contributed by atoms with Crippen molar-refractivity contribution in [3.8, 4) is 0 Å². The van der Waals surface area contributed by atoms with Crippen LogP contribution in [-0.2, 0) is 14.4 Å². The first-order valence-corrected chi connectivity index (χ1v) is 7.63. The largest absolute Gasteiger partial charge is 0.443 e. The summed E-state index contributed by atoms with van der Waals surface area (Å²) in [6, 6.07) is 0. The van der Waals surface area contributed by atoms with Gasteiger partial charge in [-0.2, -0.15) is 0 Å². The van der Waals surface area contributed by atoms with Crippen LogP contribution in [0.1, 0.15) is 39.0 Å². The second kappa shape index (κ2) is 8.15. The van der Waals surface area contributed by atoms with Gasteiger partial charge in [0.1, 0.15) is 6.61 Å². The molecule has 1 unspecified atom stereocenters. The number of nitrogens with one attached hydrogen (secondary N) is 1. The fourth-order valence-electron chi connectivity index (χ4n) is 2.19. The van der Waals surface area contributed by atoms with Crippen LogP contribution in [0.3, 0.4) is 0 Å². The van der Waals surface area contributed by atoms with Crippen molar-refractivity contribution in [1.82, 2.24) is 5.48 Å². The van der Waals surface area contributed by atoms with Crippen molar-refractivity contribution in [3.63, 3.8) is 0 Å². The monoisotopic (exact) mass is 345 g/mol. The second-order valence-electron chi connectivity index (χ2n) is 4.90. The van der Waals surface area contributed by atoms with Gasteiger partial charge in [-0.3, -0.25) is 0 Å². The molecule has 0 aromatic rings. The third-order valence-corrected chi connectivity index (χ3v) is 3.66.